The summed E-state index contributed by atoms with van der Waals surface area (Å²) in [6.45, 7) is 5.54. The first-order valence-corrected chi connectivity index (χ1v) is 12.3. The molecule has 3 rings (SSSR count). The zero-order valence-corrected chi connectivity index (χ0v) is 20.6. The number of anilines is 2. The second-order valence-corrected chi connectivity index (χ2v) is 9.07. The average molecular weight is 501 g/mol. The lowest BCUT2D eigenvalue weighted by molar-refractivity contribution is -0.118. The Hall–Kier alpha value is -3.49. The molecule has 3 N–H and O–H groups in total. The third-order valence-electron chi connectivity index (χ3n) is 5.51. The number of alkyl halides is 1. The number of nitriles is 1. The van der Waals surface area contributed by atoms with E-state index in [-0.39, 0.29) is 23.6 Å². The molecule has 1 aromatic heterocycles. The lowest BCUT2D eigenvalue weighted by atomic mass is 10.1. The number of thiazole rings is 1. The van der Waals surface area contributed by atoms with Crippen LogP contribution in [0.2, 0.25) is 0 Å². The summed E-state index contributed by atoms with van der Waals surface area (Å²) in [5.41, 5.74) is 0.823. The first kappa shape index (κ1) is 26.1. The first-order valence-electron chi connectivity index (χ1n) is 11.5. The number of rotatable bonds is 8. The van der Waals surface area contributed by atoms with Gasteiger partial charge in [0.1, 0.15) is 21.4 Å². The number of halogens is 1. The van der Waals surface area contributed by atoms with E-state index in [9.17, 15) is 24.0 Å². The second kappa shape index (κ2) is 12.3. The minimum atomic E-state index is -0.785. The van der Waals surface area contributed by atoms with E-state index in [0.29, 0.717) is 59.6 Å². The summed E-state index contributed by atoms with van der Waals surface area (Å²) < 4.78 is 15.3. The number of carbonyl (C=O) groups excluding carboxylic acids is 2. The maximum absolute atomic E-state index is 13.3. The zero-order chi connectivity index (χ0) is 25.4. The van der Waals surface area contributed by atoms with Crippen LogP contribution < -0.4 is 30.7 Å². The summed E-state index contributed by atoms with van der Waals surface area (Å²) in [5, 5.41) is 18.0. The maximum Gasteiger partial charge on any atom is 0.270 e. The van der Waals surface area contributed by atoms with Crippen molar-refractivity contribution in [3.63, 3.8) is 0 Å². The van der Waals surface area contributed by atoms with E-state index in [1.807, 2.05) is 11.0 Å². The van der Waals surface area contributed by atoms with Crippen molar-refractivity contribution in [3.8, 4) is 6.07 Å². The molecule has 0 unspecified atom stereocenters. The van der Waals surface area contributed by atoms with Crippen molar-refractivity contribution >= 4 is 46.3 Å². The van der Waals surface area contributed by atoms with E-state index in [2.05, 4.69) is 16.0 Å². The number of piperidine rings is 1. The molecular weight excluding hydrogens is 471 g/mol. The third-order valence-corrected chi connectivity index (χ3v) is 6.64. The zero-order valence-electron chi connectivity index (χ0n) is 19.8. The van der Waals surface area contributed by atoms with Crippen LogP contribution >= 0.6 is 11.3 Å². The Bertz CT molecular complexity index is 1290. The van der Waals surface area contributed by atoms with Gasteiger partial charge in [-0.1, -0.05) is 6.07 Å². The van der Waals surface area contributed by atoms with Gasteiger partial charge in [-0.25, -0.2) is 4.39 Å². The highest BCUT2D eigenvalue weighted by Gasteiger charge is 2.20. The summed E-state index contributed by atoms with van der Waals surface area (Å²) in [5.74, 6) is -0.697. The minimum absolute atomic E-state index is 0.101. The van der Waals surface area contributed by atoms with Crippen LogP contribution in [-0.4, -0.2) is 53.6 Å². The molecule has 186 valence electrons. The topological polar surface area (TPSA) is 119 Å². The quantitative estimate of drug-likeness (QED) is 0.497. The van der Waals surface area contributed by atoms with Crippen molar-refractivity contribution in [2.45, 2.75) is 39.4 Å². The van der Waals surface area contributed by atoms with Crippen molar-refractivity contribution in [3.05, 3.63) is 43.8 Å². The van der Waals surface area contributed by atoms with Crippen molar-refractivity contribution in [2.24, 2.45) is 0 Å². The molecule has 0 bridgehead atoms. The van der Waals surface area contributed by atoms with Crippen LogP contribution in [0.4, 0.5) is 15.8 Å². The number of benzene rings is 1. The number of nitrogens with zero attached hydrogens (tertiary/aromatic N) is 3. The molecule has 1 fully saturated rings. The average Bonchev–Trinajstić information content (AvgIpc) is 3.15. The maximum atomic E-state index is 13.3. The highest BCUT2D eigenvalue weighted by atomic mass is 32.1. The van der Waals surface area contributed by atoms with Gasteiger partial charge in [0.2, 0.25) is 5.91 Å². The van der Waals surface area contributed by atoms with Gasteiger partial charge in [-0.3, -0.25) is 23.9 Å². The Kier molecular flexibility index (Phi) is 9.17. The van der Waals surface area contributed by atoms with Crippen LogP contribution in [0.1, 0.15) is 26.7 Å². The van der Waals surface area contributed by atoms with Gasteiger partial charge in [-0.05, 0) is 44.9 Å². The number of hydrogen-bond donors (Lipinski definition) is 3. The molecule has 0 spiro atoms. The minimum Gasteiger partial charge on any atom is -0.360 e. The van der Waals surface area contributed by atoms with Gasteiger partial charge in [-0.2, -0.15) is 5.26 Å². The highest BCUT2D eigenvalue weighted by Crippen LogP contribution is 2.16. The Balaban J connectivity index is 1.77. The molecule has 0 saturated carbocycles. The standard InChI is InChI=1S/C24H29FN6O3S/c1-3-27-22(33)19(13-26)24-31(4-2)23(34)20(35-24)14-28-17-6-5-7-18(12-17)29-21(32)15-30-10-8-16(25)9-11-30/h5-7,12,14,16,28H,3-4,8-11,15H2,1-2H3,(H,27,33)(H,29,32). The normalized spacial score (nSPS) is 15.9. The van der Waals surface area contributed by atoms with Crippen LogP contribution in [0.3, 0.4) is 0 Å². The van der Waals surface area contributed by atoms with Gasteiger partial charge in [-0.15, -0.1) is 11.3 Å². The van der Waals surface area contributed by atoms with Crippen molar-refractivity contribution in [2.75, 3.05) is 36.8 Å². The molecule has 0 radical (unpaired) electrons. The fraction of sp³-hybridized carbons (Fsp3) is 0.417. The van der Waals surface area contributed by atoms with Crippen LogP contribution in [-0.2, 0) is 16.1 Å². The molecular formula is C24H29FN6O3S. The highest BCUT2D eigenvalue weighted by molar-refractivity contribution is 7.07. The van der Waals surface area contributed by atoms with Crippen molar-refractivity contribution in [1.82, 2.24) is 14.8 Å². The Labute approximate surface area is 206 Å². The van der Waals surface area contributed by atoms with Gasteiger partial charge in [0.05, 0.1) is 6.54 Å². The molecule has 1 aliphatic rings. The molecule has 1 aromatic carbocycles. The summed E-state index contributed by atoms with van der Waals surface area (Å²) >= 11 is 1.06. The molecule has 0 aliphatic carbocycles. The summed E-state index contributed by atoms with van der Waals surface area (Å²) in [6, 6.07) is 8.94. The third kappa shape index (κ3) is 6.77. The van der Waals surface area contributed by atoms with Gasteiger partial charge >= 0.3 is 0 Å². The van der Waals surface area contributed by atoms with Gasteiger partial charge in [0.15, 0.2) is 5.57 Å². The van der Waals surface area contributed by atoms with Crippen LogP contribution in [0.25, 0.3) is 11.8 Å². The molecule has 35 heavy (non-hydrogen) atoms. The van der Waals surface area contributed by atoms with E-state index in [0.717, 1.165) is 11.3 Å². The van der Waals surface area contributed by atoms with E-state index in [1.54, 1.807) is 38.1 Å². The Morgan fingerprint density at radius 2 is 1.97 bits per heavy atom. The van der Waals surface area contributed by atoms with Gasteiger partial charge < -0.3 is 16.0 Å². The predicted molar refractivity (Wildman–Crippen MR) is 135 cm³/mol. The number of nitrogens with one attached hydrogen (secondary N) is 3. The van der Waals surface area contributed by atoms with E-state index in [1.165, 1.54) is 10.8 Å². The molecule has 0 atom stereocenters. The number of likely N-dealkylation sites (tertiary alicyclic amines) is 1. The number of amides is 2. The molecule has 2 aromatic rings. The Morgan fingerprint density at radius 1 is 1.26 bits per heavy atom. The second-order valence-electron chi connectivity index (χ2n) is 8.04. The summed E-state index contributed by atoms with van der Waals surface area (Å²) in [6.07, 6.45) is 1.64. The van der Waals surface area contributed by atoms with Crippen molar-refractivity contribution in [1.29, 1.82) is 5.26 Å². The summed E-state index contributed by atoms with van der Waals surface area (Å²) in [4.78, 5) is 39.4. The monoisotopic (exact) mass is 500 g/mol. The van der Waals surface area contributed by atoms with Crippen LogP contribution in [0.15, 0.2) is 29.1 Å². The fourth-order valence-electron chi connectivity index (χ4n) is 3.74. The molecule has 1 aliphatic heterocycles. The van der Waals surface area contributed by atoms with Crippen LogP contribution in [0.5, 0.6) is 0 Å². The lowest BCUT2D eigenvalue weighted by Gasteiger charge is -2.27. The predicted octanol–water partition coefficient (Wildman–Crippen LogP) is 0.963. The Morgan fingerprint density at radius 3 is 2.63 bits per heavy atom. The molecule has 2 amide bonds. The molecule has 1 saturated heterocycles. The number of hydrogen-bond acceptors (Lipinski definition) is 7. The van der Waals surface area contributed by atoms with E-state index in [4.69, 9.17) is 0 Å². The SMILES string of the molecule is CCNC(=O)C(C#N)=c1sc(=CNc2cccc(NC(=O)CN3CCC(F)CC3)c2)c(=O)n1CC. The fourth-order valence-corrected chi connectivity index (χ4v) is 4.82. The lowest BCUT2D eigenvalue weighted by Crippen LogP contribution is -2.39. The van der Waals surface area contributed by atoms with E-state index < -0.39 is 12.1 Å². The molecule has 11 heteroatoms. The smallest absolute Gasteiger partial charge is 0.270 e. The molecule has 2 heterocycles. The van der Waals surface area contributed by atoms with Crippen LogP contribution in [0, 0.1) is 11.3 Å². The van der Waals surface area contributed by atoms with Crippen molar-refractivity contribution < 1.29 is 14.0 Å². The number of carbonyl (C=O) groups is 2. The largest absolute Gasteiger partial charge is 0.360 e. The van der Waals surface area contributed by atoms with E-state index >= 15 is 0 Å². The molecule has 9 nitrogen and oxygen atoms in total. The number of aromatic nitrogens is 1. The first-order chi connectivity index (χ1) is 16.9. The van der Waals surface area contributed by atoms with Gasteiger partial charge in [0, 0.05) is 43.8 Å². The van der Waals surface area contributed by atoms with Gasteiger partial charge in [0.25, 0.3) is 11.5 Å². The summed E-state index contributed by atoms with van der Waals surface area (Å²) in [7, 11) is 0.